The summed E-state index contributed by atoms with van der Waals surface area (Å²) < 4.78 is 35.1. The first-order valence-electron chi connectivity index (χ1n) is 10.7. The molecule has 1 aliphatic heterocycles. The Kier molecular flexibility index (Phi) is 7.23. The summed E-state index contributed by atoms with van der Waals surface area (Å²) >= 11 is 0.955. The average molecular weight is 510 g/mol. The third kappa shape index (κ3) is 5.72. The number of para-hydroxylation sites is 1. The van der Waals surface area contributed by atoms with Gasteiger partial charge in [-0.1, -0.05) is 53.7 Å². The molecule has 3 aromatic rings. The van der Waals surface area contributed by atoms with Crippen LogP contribution in [0.3, 0.4) is 0 Å². The van der Waals surface area contributed by atoms with Crippen molar-refractivity contribution in [3.8, 4) is 5.75 Å². The number of thioether (sulfide) groups is 1. The Hall–Kier alpha value is -3.63. The molecule has 1 fully saturated rings. The second-order valence-corrected chi connectivity index (χ2v) is 10.5. The third-order valence-electron chi connectivity index (χ3n) is 5.19. The van der Waals surface area contributed by atoms with Crippen molar-refractivity contribution in [3.05, 3.63) is 84.4 Å². The highest BCUT2D eigenvalue weighted by atomic mass is 32.2. The molecule has 35 heavy (non-hydrogen) atoms. The molecule has 4 rings (SSSR count). The Morgan fingerprint density at radius 1 is 1.06 bits per heavy atom. The SMILES string of the molecule is COc1cccc(NC(=O)CC2S/C(=N\S(=O)(=O)c3ccc(C)cc3)N(c3ccccc3)C2=O)c1. The van der Waals surface area contributed by atoms with Crippen LogP contribution < -0.4 is 15.0 Å². The summed E-state index contributed by atoms with van der Waals surface area (Å²) in [6.45, 7) is 1.85. The van der Waals surface area contributed by atoms with E-state index < -0.39 is 21.2 Å². The number of carbonyl (C=O) groups is 2. The van der Waals surface area contributed by atoms with E-state index in [-0.39, 0.29) is 22.4 Å². The smallest absolute Gasteiger partial charge is 0.284 e. The topological polar surface area (TPSA) is 105 Å². The fraction of sp³-hybridized carbons (Fsp3) is 0.160. The van der Waals surface area contributed by atoms with E-state index in [2.05, 4.69) is 9.71 Å². The maximum atomic E-state index is 13.3. The van der Waals surface area contributed by atoms with Gasteiger partial charge in [0, 0.05) is 18.2 Å². The Morgan fingerprint density at radius 3 is 2.46 bits per heavy atom. The van der Waals surface area contributed by atoms with Crippen molar-refractivity contribution in [2.24, 2.45) is 4.40 Å². The van der Waals surface area contributed by atoms with Gasteiger partial charge in [0.15, 0.2) is 5.17 Å². The van der Waals surface area contributed by atoms with E-state index in [0.29, 0.717) is 17.1 Å². The van der Waals surface area contributed by atoms with Gasteiger partial charge in [-0.2, -0.15) is 8.42 Å². The number of nitrogens with one attached hydrogen (secondary N) is 1. The monoisotopic (exact) mass is 509 g/mol. The average Bonchev–Trinajstić information content (AvgIpc) is 3.13. The number of aryl methyl sites for hydroxylation is 1. The minimum atomic E-state index is -4.07. The molecule has 1 N–H and O–H groups in total. The van der Waals surface area contributed by atoms with E-state index in [1.54, 1.807) is 66.7 Å². The van der Waals surface area contributed by atoms with Gasteiger partial charge in [0.2, 0.25) is 11.8 Å². The van der Waals surface area contributed by atoms with Crippen molar-refractivity contribution in [2.75, 3.05) is 17.3 Å². The molecule has 0 aliphatic carbocycles. The first-order valence-corrected chi connectivity index (χ1v) is 13.0. The van der Waals surface area contributed by atoms with Crippen LogP contribution in [0.4, 0.5) is 11.4 Å². The lowest BCUT2D eigenvalue weighted by molar-refractivity contribution is -0.121. The zero-order chi connectivity index (χ0) is 25.0. The van der Waals surface area contributed by atoms with E-state index >= 15 is 0 Å². The molecule has 3 aromatic carbocycles. The van der Waals surface area contributed by atoms with Crippen LogP contribution in [-0.4, -0.2) is 37.8 Å². The van der Waals surface area contributed by atoms with Crippen molar-refractivity contribution in [1.29, 1.82) is 0 Å². The molecular formula is C25H23N3O5S2. The van der Waals surface area contributed by atoms with Crippen LogP contribution in [0.2, 0.25) is 0 Å². The van der Waals surface area contributed by atoms with Crippen LogP contribution in [0.1, 0.15) is 12.0 Å². The summed E-state index contributed by atoms with van der Waals surface area (Å²) in [5.41, 5.74) is 1.91. The summed E-state index contributed by atoms with van der Waals surface area (Å²) in [5, 5.41) is 1.91. The largest absolute Gasteiger partial charge is 0.497 e. The van der Waals surface area contributed by atoms with Crippen molar-refractivity contribution in [2.45, 2.75) is 23.5 Å². The summed E-state index contributed by atoms with van der Waals surface area (Å²) in [6.07, 6.45) is -0.159. The molecule has 0 radical (unpaired) electrons. The van der Waals surface area contributed by atoms with Crippen molar-refractivity contribution in [1.82, 2.24) is 0 Å². The van der Waals surface area contributed by atoms with Gasteiger partial charge < -0.3 is 10.1 Å². The van der Waals surface area contributed by atoms with Gasteiger partial charge in [0.25, 0.3) is 10.0 Å². The van der Waals surface area contributed by atoms with Gasteiger partial charge in [-0.25, -0.2) is 0 Å². The van der Waals surface area contributed by atoms with Gasteiger partial charge in [-0.05, 0) is 43.3 Å². The minimum Gasteiger partial charge on any atom is -0.497 e. The lowest BCUT2D eigenvalue weighted by atomic mass is 10.2. The maximum Gasteiger partial charge on any atom is 0.284 e. The molecule has 1 saturated heterocycles. The fourth-order valence-corrected chi connectivity index (χ4v) is 5.76. The van der Waals surface area contributed by atoms with Crippen molar-refractivity contribution in [3.63, 3.8) is 0 Å². The van der Waals surface area contributed by atoms with Gasteiger partial charge in [0.1, 0.15) is 11.0 Å². The predicted octanol–water partition coefficient (Wildman–Crippen LogP) is 4.23. The number of hydrogen-bond acceptors (Lipinski definition) is 6. The Balaban J connectivity index is 1.61. The first kappa shape index (κ1) is 24.5. The number of anilines is 2. The zero-order valence-corrected chi connectivity index (χ0v) is 20.7. The highest BCUT2D eigenvalue weighted by Crippen LogP contribution is 2.35. The van der Waals surface area contributed by atoms with Crippen LogP contribution >= 0.6 is 11.8 Å². The quantitative estimate of drug-likeness (QED) is 0.511. The lowest BCUT2D eigenvalue weighted by Crippen LogP contribution is -2.33. The normalized spacial score (nSPS) is 17.0. The summed E-state index contributed by atoms with van der Waals surface area (Å²) in [7, 11) is -2.55. The molecule has 1 unspecified atom stereocenters. The number of amides is 2. The molecule has 0 saturated carbocycles. The highest BCUT2D eigenvalue weighted by Gasteiger charge is 2.41. The third-order valence-corrected chi connectivity index (χ3v) is 7.72. The van der Waals surface area contributed by atoms with Gasteiger partial charge in [-0.3, -0.25) is 14.5 Å². The van der Waals surface area contributed by atoms with Crippen LogP contribution in [0.15, 0.2) is 88.2 Å². The maximum absolute atomic E-state index is 13.3. The Bertz CT molecular complexity index is 1370. The van der Waals surface area contributed by atoms with E-state index in [1.165, 1.54) is 24.1 Å². The number of rotatable bonds is 7. The molecular weight excluding hydrogens is 486 g/mol. The molecule has 1 atom stereocenters. The van der Waals surface area contributed by atoms with Crippen LogP contribution in [0.5, 0.6) is 5.75 Å². The van der Waals surface area contributed by atoms with Gasteiger partial charge in [-0.15, -0.1) is 4.40 Å². The van der Waals surface area contributed by atoms with E-state index in [0.717, 1.165) is 17.3 Å². The first-order chi connectivity index (χ1) is 16.8. The van der Waals surface area contributed by atoms with E-state index in [4.69, 9.17) is 4.74 Å². The second kappa shape index (κ2) is 10.3. The number of amidine groups is 1. The summed E-state index contributed by atoms with van der Waals surface area (Å²) in [6, 6.07) is 21.8. The number of sulfonamides is 1. The number of methoxy groups -OCH3 is 1. The van der Waals surface area contributed by atoms with Crippen LogP contribution in [0, 0.1) is 6.92 Å². The summed E-state index contributed by atoms with van der Waals surface area (Å²) in [4.78, 5) is 27.3. The zero-order valence-electron chi connectivity index (χ0n) is 19.0. The van der Waals surface area contributed by atoms with Gasteiger partial charge >= 0.3 is 0 Å². The number of ether oxygens (including phenoxy) is 1. The summed E-state index contributed by atoms with van der Waals surface area (Å²) in [5.74, 6) is -0.222. The van der Waals surface area contributed by atoms with Crippen molar-refractivity contribution >= 4 is 50.1 Å². The van der Waals surface area contributed by atoms with Crippen LogP contribution in [0.25, 0.3) is 0 Å². The molecule has 0 spiro atoms. The Morgan fingerprint density at radius 2 is 1.77 bits per heavy atom. The molecule has 1 aliphatic rings. The molecule has 0 bridgehead atoms. The number of nitrogens with zero attached hydrogens (tertiary/aromatic N) is 2. The fourth-order valence-electron chi connectivity index (χ4n) is 3.42. The number of benzene rings is 3. The molecule has 180 valence electrons. The van der Waals surface area contributed by atoms with E-state index in [1.807, 2.05) is 6.92 Å². The molecule has 0 aromatic heterocycles. The lowest BCUT2D eigenvalue weighted by Gasteiger charge is -2.16. The molecule has 2 amide bonds. The number of hydrogen-bond donors (Lipinski definition) is 1. The second-order valence-electron chi connectivity index (χ2n) is 7.76. The molecule has 10 heteroatoms. The molecule has 1 heterocycles. The highest BCUT2D eigenvalue weighted by molar-refractivity contribution is 8.16. The Labute approximate surface area is 208 Å². The van der Waals surface area contributed by atoms with Gasteiger partial charge in [0.05, 0.1) is 17.7 Å². The predicted molar refractivity (Wildman–Crippen MR) is 137 cm³/mol. The minimum absolute atomic E-state index is 0.000885. The number of carbonyl (C=O) groups excluding carboxylic acids is 2. The van der Waals surface area contributed by atoms with Crippen molar-refractivity contribution < 1.29 is 22.7 Å². The van der Waals surface area contributed by atoms with Crippen LogP contribution in [-0.2, 0) is 19.6 Å². The molecule has 8 nitrogen and oxygen atoms in total. The van der Waals surface area contributed by atoms with E-state index in [9.17, 15) is 18.0 Å². The standard InChI is InChI=1S/C25H23N3O5S2/c1-17-11-13-21(14-12-17)35(31,32)27-25-28(19-8-4-3-5-9-19)24(30)22(34-25)16-23(29)26-18-7-6-10-20(15-18)33-2/h3-15,22H,16H2,1-2H3,(H,26,29)/b27-25-.